The van der Waals surface area contributed by atoms with Crippen molar-refractivity contribution in [3.8, 4) is 5.75 Å². The van der Waals surface area contributed by atoms with Gasteiger partial charge in [-0.05, 0) is 17.2 Å². The molecule has 0 atom stereocenters. The topological polar surface area (TPSA) is 9.23 Å². The molecule has 0 aliphatic carbocycles. The molecule has 0 heterocycles. The summed E-state index contributed by atoms with van der Waals surface area (Å²) in [4.78, 5) is 0. The fraction of sp³-hybridized carbons (Fsp3) is 0.538. The van der Waals surface area contributed by atoms with Crippen LogP contribution in [0, 0.1) is 0 Å². The van der Waals surface area contributed by atoms with Gasteiger partial charge in [0, 0.05) is 15.9 Å². The molecule has 0 unspecified atom stereocenters. The molecule has 0 N–H and O–H groups in total. The SMILES string of the molecule is C[Si](C)C(C)(C)COc1c(Cl)cc(Cl)cc1CBr. The van der Waals surface area contributed by atoms with Crippen LogP contribution >= 0.6 is 39.1 Å². The van der Waals surface area contributed by atoms with E-state index in [4.69, 9.17) is 27.9 Å². The lowest BCUT2D eigenvalue weighted by Crippen LogP contribution is -2.27. The highest BCUT2D eigenvalue weighted by Crippen LogP contribution is 2.36. The summed E-state index contributed by atoms with van der Waals surface area (Å²) in [7, 11) is -0.426. The van der Waals surface area contributed by atoms with Crippen LogP contribution in [-0.2, 0) is 5.33 Å². The van der Waals surface area contributed by atoms with Crippen LogP contribution < -0.4 is 4.74 Å². The molecule has 0 bridgehead atoms. The summed E-state index contributed by atoms with van der Waals surface area (Å²) < 4.78 is 5.94. The standard InChI is InChI=1S/C13H18BrCl2OSi/c1-13(2,18(3)4)8-17-12-9(7-14)5-10(15)6-11(12)16/h5-6H,7-8H2,1-4H3. The maximum Gasteiger partial charge on any atom is 0.142 e. The maximum absolute atomic E-state index is 6.20. The highest BCUT2D eigenvalue weighted by atomic mass is 79.9. The lowest BCUT2D eigenvalue weighted by atomic mass is 10.2. The molecule has 1 nitrogen and oxygen atoms in total. The van der Waals surface area contributed by atoms with Gasteiger partial charge in [0.15, 0.2) is 0 Å². The second-order valence-electron chi connectivity index (χ2n) is 5.18. The summed E-state index contributed by atoms with van der Waals surface area (Å²) in [5.74, 6) is 0.745. The fourth-order valence-electron chi connectivity index (χ4n) is 1.27. The molecule has 0 amide bonds. The molecule has 0 aliphatic heterocycles. The van der Waals surface area contributed by atoms with E-state index in [0.29, 0.717) is 22.0 Å². The molecule has 5 heteroatoms. The minimum absolute atomic E-state index is 0.206. The van der Waals surface area contributed by atoms with Crippen LogP contribution in [0.15, 0.2) is 12.1 Å². The van der Waals surface area contributed by atoms with E-state index >= 15 is 0 Å². The van der Waals surface area contributed by atoms with Gasteiger partial charge >= 0.3 is 0 Å². The molecular weight excluding hydrogens is 351 g/mol. The number of hydrogen-bond acceptors (Lipinski definition) is 1. The van der Waals surface area contributed by atoms with Gasteiger partial charge in [0.2, 0.25) is 0 Å². The Bertz CT molecular complexity index is 422. The Balaban J connectivity index is 2.91. The van der Waals surface area contributed by atoms with Gasteiger partial charge in [0.25, 0.3) is 0 Å². The number of halogens is 3. The highest BCUT2D eigenvalue weighted by Gasteiger charge is 2.25. The molecule has 1 rings (SSSR count). The van der Waals surface area contributed by atoms with Gasteiger partial charge in [-0.15, -0.1) is 0 Å². The van der Waals surface area contributed by atoms with Crippen molar-refractivity contribution in [2.45, 2.75) is 37.3 Å². The zero-order valence-corrected chi connectivity index (χ0v) is 15.2. The second kappa shape index (κ2) is 6.64. The first-order valence-electron chi connectivity index (χ1n) is 5.75. The Hall–Kier alpha value is 0.297. The van der Waals surface area contributed by atoms with E-state index in [1.807, 2.05) is 6.07 Å². The molecule has 0 fully saturated rings. The largest absolute Gasteiger partial charge is 0.491 e. The predicted molar refractivity (Wildman–Crippen MR) is 86.1 cm³/mol. The molecule has 0 saturated carbocycles. The number of hydrogen-bond donors (Lipinski definition) is 0. The Morgan fingerprint density at radius 1 is 1.28 bits per heavy atom. The molecule has 0 aliphatic rings. The van der Waals surface area contributed by atoms with E-state index in [1.165, 1.54) is 0 Å². The molecule has 101 valence electrons. The van der Waals surface area contributed by atoms with E-state index in [2.05, 4.69) is 42.9 Å². The predicted octanol–water partition coefficient (Wildman–Crippen LogP) is 5.80. The summed E-state index contributed by atoms with van der Waals surface area (Å²) in [5.41, 5.74) is 0.990. The summed E-state index contributed by atoms with van der Waals surface area (Å²) in [6, 6.07) is 3.61. The van der Waals surface area contributed by atoms with E-state index in [-0.39, 0.29) is 5.04 Å². The van der Waals surface area contributed by atoms with E-state index in [1.54, 1.807) is 6.07 Å². The monoisotopic (exact) mass is 367 g/mol. The minimum Gasteiger partial charge on any atom is -0.491 e. The van der Waals surface area contributed by atoms with Crippen LogP contribution in [0.3, 0.4) is 0 Å². The fourth-order valence-corrected chi connectivity index (χ4v) is 2.64. The Labute approximate surface area is 130 Å². The Morgan fingerprint density at radius 2 is 1.89 bits per heavy atom. The van der Waals surface area contributed by atoms with Crippen LogP contribution in [0.2, 0.25) is 28.2 Å². The molecule has 1 radical (unpaired) electrons. The van der Waals surface area contributed by atoms with E-state index < -0.39 is 8.80 Å². The van der Waals surface area contributed by atoms with Crippen molar-refractivity contribution in [3.05, 3.63) is 27.7 Å². The van der Waals surface area contributed by atoms with Crippen LogP contribution in [0.25, 0.3) is 0 Å². The maximum atomic E-state index is 6.20. The summed E-state index contributed by atoms with van der Waals surface area (Å²) in [6.07, 6.45) is 0. The number of ether oxygens (including phenoxy) is 1. The van der Waals surface area contributed by atoms with Crippen molar-refractivity contribution in [1.29, 1.82) is 0 Å². The van der Waals surface area contributed by atoms with Gasteiger partial charge in [0.1, 0.15) is 5.75 Å². The van der Waals surface area contributed by atoms with Crippen molar-refractivity contribution in [2.75, 3.05) is 6.61 Å². The second-order valence-corrected chi connectivity index (χ2v) is 9.94. The van der Waals surface area contributed by atoms with Crippen LogP contribution in [0.1, 0.15) is 19.4 Å². The molecule has 1 aromatic rings. The lowest BCUT2D eigenvalue weighted by Gasteiger charge is -2.28. The van der Waals surface area contributed by atoms with Crippen molar-refractivity contribution >= 4 is 47.9 Å². The molecule has 0 spiro atoms. The zero-order valence-electron chi connectivity index (χ0n) is 11.1. The molecule has 1 aromatic carbocycles. The summed E-state index contributed by atoms with van der Waals surface area (Å²) in [6.45, 7) is 9.74. The lowest BCUT2D eigenvalue weighted by molar-refractivity contribution is 0.275. The van der Waals surface area contributed by atoms with Crippen molar-refractivity contribution in [1.82, 2.24) is 0 Å². The van der Waals surface area contributed by atoms with Gasteiger partial charge in [-0.1, -0.05) is 66.1 Å². The van der Waals surface area contributed by atoms with E-state index in [0.717, 1.165) is 11.3 Å². The first-order valence-corrected chi connectivity index (χ1v) is 10.1. The van der Waals surface area contributed by atoms with Crippen molar-refractivity contribution in [3.63, 3.8) is 0 Å². The normalized spacial score (nSPS) is 12.0. The Morgan fingerprint density at radius 3 is 2.39 bits per heavy atom. The third-order valence-electron chi connectivity index (χ3n) is 3.16. The van der Waals surface area contributed by atoms with Gasteiger partial charge in [0.05, 0.1) is 20.4 Å². The van der Waals surface area contributed by atoms with Crippen LogP contribution in [0.5, 0.6) is 5.75 Å². The number of rotatable bonds is 5. The first-order chi connectivity index (χ1) is 8.27. The Kier molecular flexibility index (Phi) is 6.03. The quantitative estimate of drug-likeness (QED) is 0.471. The van der Waals surface area contributed by atoms with Gasteiger partial charge in [-0.2, -0.15) is 0 Å². The smallest absolute Gasteiger partial charge is 0.142 e. The first kappa shape index (κ1) is 16.4. The minimum atomic E-state index is -0.426. The third kappa shape index (κ3) is 4.15. The van der Waals surface area contributed by atoms with E-state index in [9.17, 15) is 0 Å². The number of benzene rings is 1. The number of alkyl halides is 1. The van der Waals surface area contributed by atoms with Gasteiger partial charge < -0.3 is 4.74 Å². The summed E-state index contributed by atoms with van der Waals surface area (Å²) >= 11 is 15.6. The third-order valence-corrected chi connectivity index (χ3v) is 7.11. The van der Waals surface area contributed by atoms with Gasteiger partial charge in [-0.25, -0.2) is 0 Å². The van der Waals surface area contributed by atoms with Crippen molar-refractivity contribution in [2.24, 2.45) is 0 Å². The summed E-state index contributed by atoms with van der Waals surface area (Å²) in [5, 5.41) is 2.10. The zero-order chi connectivity index (χ0) is 13.9. The van der Waals surface area contributed by atoms with Gasteiger partial charge in [-0.3, -0.25) is 0 Å². The molecular formula is C13H18BrCl2OSi. The van der Waals surface area contributed by atoms with Crippen LogP contribution in [-0.4, -0.2) is 15.4 Å². The molecule has 18 heavy (non-hydrogen) atoms. The van der Waals surface area contributed by atoms with Crippen LogP contribution in [0.4, 0.5) is 0 Å². The average molecular weight is 369 g/mol. The molecule has 0 saturated heterocycles. The van der Waals surface area contributed by atoms with Crippen molar-refractivity contribution < 1.29 is 4.74 Å². The average Bonchev–Trinajstić information content (AvgIpc) is 2.26. The molecule has 0 aromatic heterocycles. The highest BCUT2D eigenvalue weighted by molar-refractivity contribution is 9.08.